The maximum absolute atomic E-state index is 8.98. The van der Waals surface area contributed by atoms with Crippen molar-refractivity contribution in [3.05, 3.63) is 34.9 Å². The number of hydrogen-bond donors (Lipinski definition) is 1. The van der Waals surface area contributed by atoms with Crippen LogP contribution in [0.1, 0.15) is 24.0 Å². The Labute approximate surface area is 119 Å². The molecule has 1 heterocycles. The summed E-state index contributed by atoms with van der Waals surface area (Å²) in [5, 5.41) is 8.98. The summed E-state index contributed by atoms with van der Waals surface area (Å²) >= 11 is 4.85. The van der Waals surface area contributed by atoms with Crippen LogP contribution < -0.4 is 10.6 Å². The summed E-state index contributed by atoms with van der Waals surface area (Å²) in [6.45, 7) is 4.30. The van der Waals surface area contributed by atoms with E-state index >= 15 is 0 Å². The maximum atomic E-state index is 8.98. The van der Waals surface area contributed by atoms with Gasteiger partial charge in [0.1, 0.15) is 11.1 Å². The molecular formula is C15H17N3S. The molecule has 1 aliphatic heterocycles. The Kier molecular flexibility index (Phi) is 4.18. The normalized spacial score (nSPS) is 15.4. The molecule has 1 aliphatic rings. The number of nitrogens with zero attached hydrogens (tertiary/aromatic N) is 2. The number of anilines is 1. The number of nitriles is 1. The van der Waals surface area contributed by atoms with E-state index in [2.05, 4.69) is 17.0 Å². The summed E-state index contributed by atoms with van der Waals surface area (Å²) < 4.78 is 0. The third kappa shape index (κ3) is 3.12. The van der Waals surface area contributed by atoms with Gasteiger partial charge in [-0.3, -0.25) is 0 Å². The molecule has 1 fully saturated rings. The van der Waals surface area contributed by atoms with Crippen LogP contribution in [0.3, 0.4) is 0 Å². The molecular weight excluding hydrogens is 254 g/mol. The molecule has 98 valence electrons. The smallest absolute Gasteiger partial charge is 0.114 e. The zero-order valence-corrected chi connectivity index (χ0v) is 11.8. The van der Waals surface area contributed by atoms with E-state index < -0.39 is 0 Å². The van der Waals surface area contributed by atoms with Gasteiger partial charge >= 0.3 is 0 Å². The highest BCUT2D eigenvalue weighted by molar-refractivity contribution is 7.80. The van der Waals surface area contributed by atoms with E-state index in [-0.39, 0.29) is 4.99 Å². The van der Waals surface area contributed by atoms with Gasteiger partial charge in [0.2, 0.25) is 0 Å². The first-order valence-electron chi connectivity index (χ1n) is 6.39. The van der Waals surface area contributed by atoms with E-state index in [1.165, 1.54) is 18.5 Å². The molecule has 1 saturated heterocycles. The van der Waals surface area contributed by atoms with Gasteiger partial charge in [-0.15, -0.1) is 0 Å². The predicted octanol–water partition coefficient (Wildman–Crippen LogP) is 2.79. The summed E-state index contributed by atoms with van der Waals surface area (Å²) in [5.74, 6) is 0. The van der Waals surface area contributed by atoms with Crippen molar-refractivity contribution < 1.29 is 0 Å². The Balaban J connectivity index is 2.29. The average Bonchev–Trinajstić information content (AvgIpc) is 2.90. The molecule has 0 radical (unpaired) electrons. The third-order valence-corrected chi connectivity index (χ3v) is 3.63. The van der Waals surface area contributed by atoms with Crippen LogP contribution in [0.5, 0.6) is 0 Å². The molecule has 0 atom stereocenters. The van der Waals surface area contributed by atoms with Crippen LogP contribution in [-0.4, -0.2) is 18.1 Å². The fraction of sp³-hybridized carbons (Fsp3) is 0.333. The second-order valence-corrected chi connectivity index (χ2v) is 5.21. The van der Waals surface area contributed by atoms with E-state index in [0.29, 0.717) is 5.57 Å². The topological polar surface area (TPSA) is 53.0 Å². The van der Waals surface area contributed by atoms with Crippen molar-refractivity contribution in [3.63, 3.8) is 0 Å². The minimum Gasteiger partial charge on any atom is -0.389 e. The lowest BCUT2D eigenvalue weighted by atomic mass is 10.0. The maximum Gasteiger partial charge on any atom is 0.114 e. The van der Waals surface area contributed by atoms with Gasteiger partial charge in [0.25, 0.3) is 0 Å². The SMILES string of the molecule is Cc1cc(N2CCCC2)ccc1/C=C(/C#N)C(N)=S. The van der Waals surface area contributed by atoms with E-state index in [9.17, 15) is 0 Å². The van der Waals surface area contributed by atoms with Gasteiger partial charge in [0, 0.05) is 18.8 Å². The lowest BCUT2D eigenvalue weighted by molar-refractivity contribution is 0.949. The van der Waals surface area contributed by atoms with Crippen LogP contribution in [0, 0.1) is 18.3 Å². The fourth-order valence-electron chi connectivity index (χ4n) is 2.31. The summed E-state index contributed by atoms with van der Waals surface area (Å²) in [7, 11) is 0. The molecule has 1 aromatic carbocycles. The Hall–Kier alpha value is -1.86. The first-order valence-corrected chi connectivity index (χ1v) is 6.80. The first-order chi connectivity index (χ1) is 9.11. The highest BCUT2D eigenvalue weighted by atomic mass is 32.1. The van der Waals surface area contributed by atoms with Crippen molar-refractivity contribution in [2.45, 2.75) is 19.8 Å². The first kappa shape index (κ1) is 13.6. The number of hydrogen-bond acceptors (Lipinski definition) is 3. The van der Waals surface area contributed by atoms with E-state index in [0.717, 1.165) is 24.2 Å². The van der Waals surface area contributed by atoms with Gasteiger partial charge in [0.15, 0.2) is 0 Å². The zero-order chi connectivity index (χ0) is 13.8. The van der Waals surface area contributed by atoms with Crippen molar-refractivity contribution in [2.75, 3.05) is 18.0 Å². The minimum atomic E-state index is 0.144. The molecule has 19 heavy (non-hydrogen) atoms. The summed E-state index contributed by atoms with van der Waals surface area (Å²) in [5.41, 5.74) is 9.24. The van der Waals surface area contributed by atoms with Gasteiger partial charge in [0.05, 0.1) is 5.57 Å². The lowest BCUT2D eigenvalue weighted by Gasteiger charge is -2.18. The van der Waals surface area contributed by atoms with Crippen molar-refractivity contribution in [3.8, 4) is 6.07 Å². The van der Waals surface area contributed by atoms with E-state index in [1.807, 2.05) is 19.1 Å². The third-order valence-electron chi connectivity index (χ3n) is 3.41. The second kappa shape index (κ2) is 5.85. The van der Waals surface area contributed by atoms with Crippen LogP contribution in [-0.2, 0) is 0 Å². The number of rotatable bonds is 3. The molecule has 3 nitrogen and oxygen atoms in total. The Morgan fingerprint density at radius 2 is 2.11 bits per heavy atom. The quantitative estimate of drug-likeness (QED) is 0.522. The summed E-state index contributed by atoms with van der Waals surface area (Å²) in [6.07, 6.45) is 4.28. The van der Waals surface area contributed by atoms with Crippen LogP contribution >= 0.6 is 12.2 Å². The van der Waals surface area contributed by atoms with Gasteiger partial charge in [-0.05, 0) is 49.1 Å². The van der Waals surface area contributed by atoms with Gasteiger partial charge < -0.3 is 10.6 Å². The Morgan fingerprint density at radius 1 is 1.42 bits per heavy atom. The summed E-state index contributed by atoms with van der Waals surface area (Å²) in [4.78, 5) is 2.53. The molecule has 0 unspecified atom stereocenters. The van der Waals surface area contributed by atoms with Crippen molar-refractivity contribution in [1.29, 1.82) is 5.26 Å². The number of aryl methyl sites for hydroxylation is 1. The Morgan fingerprint density at radius 3 is 2.63 bits per heavy atom. The molecule has 0 aromatic heterocycles. The molecule has 0 bridgehead atoms. The lowest BCUT2D eigenvalue weighted by Crippen LogP contribution is -2.17. The highest BCUT2D eigenvalue weighted by Crippen LogP contribution is 2.24. The van der Waals surface area contributed by atoms with Crippen molar-refractivity contribution in [2.24, 2.45) is 5.73 Å². The van der Waals surface area contributed by atoms with Gasteiger partial charge in [-0.25, -0.2) is 0 Å². The number of nitrogens with two attached hydrogens (primary N) is 1. The molecule has 0 aliphatic carbocycles. The van der Waals surface area contributed by atoms with Crippen LogP contribution in [0.25, 0.3) is 6.08 Å². The minimum absolute atomic E-state index is 0.144. The van der Waals surface area contributed by atoms with Crippen molar-refractivity contribution >= 4 is 29.0 Å². The average molecular weight is 271 g/mol. The molecule has 2 rings (SSSR count). The van der Waals surface area contributed by atoms with E-state index in [1.54, 1.807) is 6.08 Å². The molecule has 0 spiro atoms. The molecule has 0 amide bonds. The van der Waals surface area contributed by atoms with Crippen molar-refractivity contribution in [1.82, 2.24) is 0 Å². The van der Waals surface area contributed by atoms with Crippen LogP contribution in [0.4, 0.5) is 5.69 Å². The van der Waals surface area contributed by atoms with Crippen LogP contribution in [0.2, 0.25) is 0 Å². The molecule has 4 heteroatoms. The van der Waals surface area contributed by atoms with Gasteiger partial charge in [-0.1, -0.05) is 18.3 Å². The molecule has 0 saturated carbocycles. The summed E-state index contributed by atoms with van der Waals surface area (Å²) in [6, 6.07) is 8.31. The Bertz CT molecular complexity index is 563. The van der Waals surface area contributed by atoms with Gasteiger partial charge in [-0.2, -0.15) is 5.26 Å². The van der Waals surface area contributed by atoms with E-state index in [4.69, 9.17) is 23.2 Å². The number of benzene rings is 1. The highest BCUT2D eigenvalue weighted by Gasteiger charge is 2.12. The molecule has 1 aromatic rings. The largest absolute Gasteiger partial charge is 0.389 e. The molecule has 2 N–H and O–H groups in total. The monoisotopic (exact) mass is 271 g/mol. The predicted molar refractivity (Wildman–Crippen MR) is 83.0 cm³/mol. The second-order valence-electron chi connectivity index (χ2n) is 4.77. The zero-order valence-electron chi connectivity index (χ0n) is 11.0. The fourth-order valence-corrected chi connectivity index (χ4v) is 2.41. The van der Waals surface area contributed by atoms with Crippen LogP contribution in [0.15, 0.2) is 23.8 Å². The number of thiocarbonyl (C=S) groups is 1. The standard InChI is InChI=1S/C15H17N3S/c1-11-8-14(18-6-2-3-7-18)5-4-12(11)9-13(10-16)15(17)19/h4-5,8-9H,2-3,6-7H2,1H3,(H2,17,19)/b13-9-.